The van der Waals surface area contributed by atoms with Gasteiger partial charge >= 0.3 is 0 Å². The number of rotatable bonds is 4. The van der Waals surface area contributed by atoms with Gasteiger partial charge in [-0.2, -0.15) is 0 Å². The Balaban J connectivity index is 1.76. The van der Waals surface area contributed by atoms with Crippen LogP contribution >= 0.6 is 0 Å². The molecule has 1 amide bonds. The van der Waals surface area contributed by atoms with Gasteiger partial charge in [-0.05, 0) is 48.7 Å². The van der Waals surface area contributed by atoms with Crippen molar-refractivity contribution in [2.45, 2.75) is 26.4 Å². The first kappa shape index (κ1) is 16.3. The zero-order chi connectivity index (χ0) is 18.1. The summed E-state index contributed by atoms with van der Waals surface area (Å²) in [6.45, 7) is 4.12. The molecule has 1 N–H and O–H groups in total. The Morgan fingerprint density at radius 2 is 1.92 bits per heavy atom. The molecular formula is C22H21N3O. The molecule has 0 aliphatic carbocycles. The van der Waals surface area contributed by atoms with E-state index in [0.29, 0.717) is 5.82 Å². The number of nitrogens with one attached hydrogen (secondary N) is 1. The second-order valence-electron chi connectivity index (χ2n) is 6.56. The number of hydrogen-bond acceptors (Lipinski definition) is 3. The number of aryl methyl sites for hydroxylation is 2. The Hall–Kier alpha value is -3.14. The number of amides is 1. The Morgan fingerprint density at radius 3 is 2.69 bits per heavy atom. The van der Waals surface area contributed by atoms with Crippen molar-refractivity contribution >= 4 is 17.4 Å². The predicted molar refractivity (Wildman–Crippen MR) is 104 cm³/mol. The Kier molecular flexibility index (Phi) is 4.17. The van der Waals surface area contributed by atoms with E-state index in [1.807, 2.05) is 55.5 Å². The third-order valence-electron chi connectivity index (χ3n) is 4.74. The van der Waals surface area contributed by atoms with Crippen LogP contribution < -0.4 is 10.2 Å². The number of nitrogens with zero attached hydrogens (tertiary/aromatic N) is 2. The van der Waals surface area contributed by atoms with Crippen molar-refractivity contribution in [1.29, 1.82) is 0 Å². The summed E-state index contributed by atoms with van der Waals surface area (Å²) >= 11 is 0. The van der Waals surface area contributed by atoms with E-state index in [1.54, 1.807) is 11.1 Å². The summed E-state index contributed by atoms with van der Waals surface area (Å²) in [4.78, 5) is 19.3. The first-order valence-corrected chi connectivity index (χ1v) is 8.88. The quantitative estimate of drug-likeness (QED) is 0.745. The van der Waals surface area contributed by atoms with E-state index in [9.17, 15) is 4.79 Å². The minimum absolute atomic E-state index is 0.0268. The van der Waals surface area contributed by atoms with E-state index < -0.39 is 0 Å². The molecular weight excluding hydrogens is 322 g/mol. The predicted octanol–water partition coefficient (Wildman–Crippen LogP) is 4.72. The molecule has 4 nitrogen and oxygen atoms in total. The van der Waals surface area contributed by atoms with Crippen LogP contribution in [0.5, 0.6) is 0 Å². The first-order chi connectivity index (χ1) is 12.7. The van der Waals surface area contributed by atoms with Crippen LogP contribution in [-0.4, -0.2) is 10.9 Å². The zero-order valence-electron chi connectivity index (χ0n) is 14.9. The number of aromatic nitrogens is 1. The van der Waals surface area contributed by atoms with E-state index in [-0.39, 0.29) is 12.1 Å². The molecule has 1 aromatic heterocycles. The van der Waals surface area contributed by atoms with E-state index in [0.717, 1.165) is 28.8 Å². The van der Waals surface area contributed by atoms with Gasteiger partial charge in [0.05, 0.1) is 0 Å². The van der Waals surface area contributed by atoms with Gasteiger partial charge in [-0.25, -0.2) is 4.98 Å². The molecule has 0 spiro atoms. The molecule has 0 unspecified atom stereocenters. The summed E-state index contributed by atoms with van der Waals surface area (Å²) in [7, 11) is 0. The maximum absolute atomic E-state index is 13.1. The lowest BCUT2D eigenvalue weighted by Crippen LogP contribution is -2.33. The number of pyridine rings is 1. The number of benzene rings is 2. The lowest BCUT2D eigenvalue weighted by Gasteiger charge is -2.26. The van der Waals surface area contributed by atoms with Crippen LogP contribution in [0.15, 0.2) is 66.9 Å². The molecule has 0 bridgehead atoms. The van der Waals surface area contributed by atoms with Crippen LogP contribution in [0.1, 0.15) is 40.1 Å². The van der Waals surface area contributed by atoms with Gasteiger partial charge in [0.25, 0.3) is 5.91 Å². The topological polar surface area (TPSA) is 45.2 Å². The van der Waals surface area contributed by atoms with Gasteiger partial charge in [0.1, 0.15) is 12.0 Å². The molecule has 4 heteroatoms. The monoisotopic (exact) mass is 343 g/mol. The first-order valence-electron chi connectivity index (χ1n) is 8.88. The van der Waals surface area contributed by atoms with Crippen LogP contribution in [0.3, 0.4) is 0 Å². The van der Waals surface area contributed by atoms with Crippen molar-refractivity contribution in [2.75, 3.05) is 10.2 Å². The molecule has 3 aromatic rings. The SMILES string of the molecule is CCc1cccc(N[C@H]2c3ccccc3C(=O)N2c2ccc(C)cn2)c1. The highest BCUT2D eigenvalue weighted by molar-refractivity contribution is 6.11. The van der Waals surface area contributed by atoms with Gasteiger partial charge in [0.2, 0.25) is 0 Å². The Labute approximate surface area is 153 Å². The molecule has 0 fully saturated rings. The molecule has 130 valence electrons. The van der Waals surface area contributed by atoms with Gasteiger partial charge in [-0.15, -0.1) is 0 Å². The number of carbonyl (C=O) groups excluding carboxylic acids is 1. The highest BCUT2D eigenvalue weighted by atomic mass is 16.2. The minimum atomic E-state index is -0.277. The Morgan fingerprint density at radius 1 is 1.08 bits per heavy atom. The molecule has 1 aliphatic rings. The third kappa shape index (κ3) is 2.84. The van der Waals surface area contributed by atoms with Crippen molar-refractivity contribution in [3.05, 3.63) is 89.1 Å². The average molecular weight is 343 g/mol. The molecule has 0 saturated carbocycles. The van der Waals surface area contributed by atoms with Gasteiger partial charge in [-0.1, -0.05) is 43.3 Å². The minimum Gasteiger partial charge on any atom is -0.361 e. The lowest BCUT2D eigenvalue weighted by molar-refractivity contribution is 0.0992. The van der Waals surface area contributed by atoms with E-state index in [1.165, 1.54) is 5.56 Å². The second kappa shape index (κ2) is 6.64. The molecule has 4 rings (SSSR count). The van der Waals surface area contributed by atoms with Crippen molar-refractivity contribution in [3.63, 3.8) is 0 Å². The largest absolute Gasteiger partial charge is 0.361 e. The fraction of sp³-hybridized carbons (Fsp3) is 0.182. The van der Waals surface area contributed by atoms with Gasteiger partial charge < -0.3 is 5.32 Å². The van der Waals surface area contributed by atoms with Crippen LogP contribution in [-0.2, 0) is 6.42 Å². The molecule has 1 aliphatic heterocycles. The van der Waals surface area contributed by atoms with Crippen molar-refractivity contribution < 1.29 is 4.79 Å². The summed E-state index contributed by atoms with van der Waals surface area (Å²) in [6.07, 6.45) is 2.49. The average Bonchev–Trinajstić information content (AvgIpc) is 2.95. The summed E-state index contributed by atoms with van der Waals surface area (Å²) in [6, 6.07) is 19.9. The maximum atomic E-state index is 13.1. The smallest absolute Gasteiger partial charge is 0.261 e. The fourth-order valence-electron chi connectivity index (χ4n) is 3.34. The molecule has 26 heavy (non-hydrogen) atoms. The van der Waals surface area contributed by atoms with Crippen LogP contribution in [0.25, 0.3) is 0 Å². The normalized spacial score (nSPS) is 15.8. The Bertz CT molecular complexity index is 950. The van der Waals surface area contributed by atoms with Gasteiger partial charge in [0, 0.05) is 23.0 Å². The number of carbonyl (C=O) groups is 1. The summed E-state index contributed by atoms with van der Waals surface area (Å²) in [5, 5.41) is 3.53. The van der Waals surface area contributed by atoms with Crippen LogP contribution in [0.2, 0.25) is 0 Å². The van der Waals surface area contributed by atoms with Gasteiger partial charge in [0.15, 0.2) is 0 Å². The number of anilines is 2. The zero-order valence-corrected chi connectivity index (χ0v) is 14.9. The van der Waals surface area contributed by atoms with Crippen molar-refractivity contribution in [1.82, 2.24) is 4.98 Å². The van der Waals surface area contributed by atoms with Crippen LogP contribution in [0.4, 0.5) is 11.5 Å². The van der Waals surface area contributed by atoms with Gasteiger partial charge in [-0.3, -0.25) is 9.69 Å². The highest BCUT2D eigenvalue weighted by Crippen LogP contribution is 2.37. The summed E-state index contributed by atoms with van der Waals surface area (Å²) in [5.74, 6) is 0.627. The summed E-state index contributed by atoms with van der Waals surface area (Å²) in [5.41, 5.74) is 5.02. The van der Waals surface area contributed by atoms with E-state index in [4.69, 9.17) is 0 Å². The fourth-order valence-corrected chi connectivity index (χ4v) is 3.34. The molecule has 0 saturated heterocycles. The number of fused-ring (bicyclic) bond motifs is 1. The standard InChI is InChI=1S/C22H21N3O/c1-3-16-7-6-8-17(13-16)24-21-18-9-4-5-10-19(18)22(26)25(21)20-12-11-15(2)14-23-20/h4-14,21,24H,3H2,1-2H3/t21-/m1/s1. The second-order valence-corrected chi connectivity index (χ2v) is 6.56. The molecule has 2 heterocycles. The van der Waals surface area contributed by atoms with Crippen LogP contribution in [0, 0.1) is 6.92 Å². The maximum Gasteiger partial charge on any atom is 0.261 e. The molecule has 0 radical (unpaired) electrons. The van der Waals surface area contributed by atoms with E-state index in [2.05, 4.69) is 29.4 Å². The van der Waals surface area contributed by atoms with E-state index >= 15 is 0 Å². The highest BCUT2D eigenvalue weighted by Gasteiger charge is 2.38. The molecule has 1 atom stereocenters. The third-order valence-corrected chi connectivity index (χ3v) is 4.74. The molecule has 2 aromatic carbocycles. The number of hydrogen-bond donors (Lipinski definition) is 1. The summed E-state index contributed by atoms with van der Waals surface area (Å²) < 4.78 is 0. The van der Waals surface area contributed by atoms with Crippen molar-refractivity contribution in [2.24, 2.45) is 0 Å². The lowest BCUT2D eigenvalue weighted by atomic mass is 10.1. The van der Waals surface area contributed by atoms with Crippen molar-refractivity contribution in [3.8, 4) is 0 Å².